The van der Waals surface area contributed by atoms with Crippen molar-refractivity contribution in [2.45, 2.75) is 49.8 Å². The number of aromatic nitrogens is 3. The van der Waals surface area contributed by atoms with Crippen LogP contribution >= 0.6 is 11.8 Å². The van der Waals surface area contributed by atoms with Crippen molar-refractivity contribution in [2.24, 2.45) is 0 Å². The maximum atomic E-state index is 11.7. The first-order valence-corrected chi connectivity index (χ1v) is 12.0. The summed E-state index contributed by atoms with van der Waals surface area (Å²) < 4.78 is 0. The molecule has 0 unspecified atom stereocenters. The predicted octanol–water partition coefficient (Wildman–Crippen LogP) is 6.02. The summed E-state index contributed by atoms with van der Waals surface area (Å²) in [5, 5.41) is 25.7. The van der Waals surface area contributed by atoms with Crippen LogP contribution in [0.5, 0.6) is 5.75 Å². The molecule has 8 heteroatoms. The van der Waals surface area contributed by atoms with Gasteiger partial charge in [-0.2, -0.15) is 0 Å². The molecule has 4 aromatic rings. The van der Waals surface area contributed by atoms with E-state index in [9.17, 15) is 9.90 Å². The molecule has 176 valence electrons. The fraction of sp³-hybridized carbons (Fsp3) is 0.269. The number of hydrogen-bond donors (Lipinski definition) is 3. The highest BCUT2D eigenvalue weighted by Gasteiger charge is 2.22. The smallest absolute Gasteiger partial charge is 0.319 e. The number of urea groups is 1. The van der Waals surface area contributed by atoms with Crippen LogP contribution < -0.4 is 10.6 Å². The van der Waals surface area contributed by atoms with E-state index in [1.807, 2.05) is 68.4 Å². The zero-order chi connectivity index (χ0) is 24.5. The fourth-order valence-electron chi connectivity index (χ4n) is 3.63. The van der Waals surface area contributed by atoms with Gasteiger partial charge in [0.15, 0.2) is 0 Å². The molecule has 3 aromatic carbocycles. The molecule has 4 rings (SSSR count). The lowest BCUT2D eigenvalue weighted by atomic mass is 9.85. The highest BCUT2D eigenvalue weighted by molar-refractivity contribution is 7.99. The van der Waals surface area contributed by atoms with E-state index in [0.717, 1.165) is 37.6 Å². The molecule has 3 N–H and O–H groups in total. The Labute approximate surface area is 203 Å². The van der Waals surface area contributed by atoms with E-state index in [-0.39, 0.29) is 17.2 Å². The van der Waals surface area contributed by atoms with Crippen LogP contribution in [-0.2, 0) is 5.41 Å². The largest absolute Gasteiger partial charge is 0.505 e. The first-order valence-electron chi connectivity index (χ1n) is 11.2. The molecule has 7 nitrogen and oxygen atoms in total. The maximum absolute atomic E-state index is 11.7. The average molecular weight is 476 g/mol. The Morgan fingerprint density at radius 1 is 1.00 bits per heavy atom. The second-order valence-electron chi connectivity index (χ2n) is 9.18. The van der Waals surface area contributed by atoms with E-state index in [2.05, 4.69) is 41.6 Å². The number of hydrogen-bond acceptors (Lipinski definition) is 5. The number of phenols is 1. The van der Waals surface area contributed by atoms with Gasteiger partial charge in [0.05, 0.1) is 0 Å². The van der Waals surface area contributed by atoms with Crippen LogP contribution in [0.4, 0.5) is 10.5 Å². The highest BCUT2D eigenvalue weighted by atomic mass is 32.2. The SMILES string of the molecule is CCNC(=O)Nc1ccc(Sc2ccc3nn(-c4cc(C)cc(C(C)(C)C)c4O)nc3c2)cc1. The molecule has 0 bridgehead atoms. The number of benzene rings is 3. The van der Waals surface area contributed by atoms with Gasteiger partial charge in [0.1, 0.15) is 22.5 Å². The molecule has 0 aliphatic carbocycles. The summed E-state index contributed by atoms with van der Waals surface area (Å²) in [6, 6.07) is 17.3. The number of carbonyl (C=O) groups is 1. The summed E-state index contributed by atoms with van der Waals surface area (Å²) in [7, 11) is 0. The minimum Gasteiger partial charge on any atom is -0.505 e. The molecule has 1 heterocycles. The zero-order valence-electron chi connectivity index (χ0n) is 20.0. The summed E-state index contributed by atoms with van der Waals surface area (Å²) in [6.07, 6.45) is 0. The van der Waals surface area contributed by atoms with Gasteiger partial charge in [-0.3, -0.25) is 0 Å². The third-order valence-electron chi connectivity index (χ3n) is 5.29. The van der Waals surface area contributed by atoms with Crippen molar-refractivity contribution < 1.29 is 9.90 Å². The maximum Gasteiger partial charge on any atom is 0.319 e. The van der Waals surface area contributed by atoms with Crippen molar-refractivity contribution in [2.75, 3.05) is 11.9 Å². The molecule has 0 aliphatic heterocycles. The van der Waals surface area contributed by atoms with E-state index < -0.39 is 0 Å². The molecule has 0 radical (unpaired) electrons. The lowest BCUT2D eigenvalue weighted by Gasteiger charge is -2.22. The van der Waals surface area contributed by atoms with Gasteiger partial charge in [-0.1, -0.05) is 38.6 Å². The quantitative estimate of drug-likeness (QED) is 0.328. The molecule has 0 saturated heterocycles. The number of phenolic OH excluding ortho intramolecular Hbond substituents is 1. The number of aryl methyl sites for hydroxylation is 1. The third kappa shape index (κ3) is 5.17. The molecule has 1 aromatic heterocycles. The van der Waals surface area contributed by atoms with Gasteiger partial charge in [0, 0.05) is 27.6 Å². The number of rotatable bonds is 5. The molecule has 2 amide bonds. The van der Waals surface area contributed by atoms with Crippen molar-refractivity contribution in [3.05, 3.63) is 65.7 Å². The second kappa shape index (κ2) is 9.38. The molecule has 0 aliphatic rings. The Morgan fingerprint density at radius 3 is 2.35 bits per heavy atom. The first kappa shape index (κ1) is 23.6. The number of aromatic hydroxyl groups is 1. The van der Waals surface area contributed by atoms with Crippen molar-refractivity contribution >= 4 is 34.5 Å². The van der Waals surface area contributed by atoms with Crippen LogP contribution in [0.15, 0.2) is 64.4 Å². The van der Waals surface area contributed by atoms with Crippen molar-refractivity contribution in [3.63, 3.8) is 0 Å². The summed E-state index contributed by atoms with van der Waals surface area (Å²) in [5.41, 5.74) is 4.52. The molecule has 34 heavy (non-hydrogen) atoms. The number of fused-ring (bicyclic) bond motifs is 1. The van der Waals surface area contributed by atoms with Crippen LogP contribution in [0.25, 0.3) is 16.7 Å². The minimum atomic E-state index is -0.217. The number of carbonyl (C=O) groups excluding carboxylic acids is 1. The third-order valence-corrected chi connectivity index (χ3v) is 6.29. The van der Waals surface area contributed by atoms with Crippen LogP contribution in [0.2, 0.25) is 0 Å². The van der Waals surface area contributed by atoms with Crippen molar-refractivity contribution in [1.29, 1.82) is 0 Å². The number of amides is 2. The van der Waals surface area contributed by atoms with E-state index >= 15 is 0 Å². The van der Waals surface area contributed by atoms with Crippen LogP contribution in [0, 0.1) is 6.92 Å². The fourth-order valence-corrected chi connectivity index (χ4v) is 4.48. The summed E-state index contributed by atoms with van der Waals surface area (Å²) in [5.74, 6) is 0.203. The van der Waals surface area contributed by atoms with Crippen molar-refractivity contribution in [3.8, 4) is 11.4 Å². The van der Waals surface area contributed by atoms with E-state index in [4.69, 9.17) is 0 Å². The molecule has 0 atom stereocenters. The number of anilines is 1. The van der Waals surface area contributed by atoms with E-state index in [1.54, 1.807) is 11.8 Å². The lowest BCUT2D eigenvalue weighted by Crippen LogP contribution is -2.28. The van der Waals surface area contributed by atoms with Gasteiger partial charge in [0.2, 0.25) is 0 Å². The topological polar surface area (TPSA) is 92.1 Å². The first-order chi connectivity index (χ1) is 16.1. The van der Waals surface area contributed by atoms with Gasteiger partial charge in [-0.05, 0) is 73.4 Å². The van der Waals surface area contributed by atoms with Crippen LogP contribution in [0.1, 0.15) is 38.8 Å². The average Bonchev–Trinajstić information content (AvgIpc) is 3.19. The van der Waals surface area contributed by atoms with Gasteiger partial charge in [-0.25, -0.2) is 4.79 Å². The van der Waals surface area contributed by atoms with Crippen LogP contribution in [0.3, 0.4) is 0 Å². The Balaban J connectivity index is 1.58. The van der Waals surface area contributed by atoms with E-state index in [1.165, 1.54) is 4.80 Å². The van der Waals surface area contributed by atoms with Gasteiger partial charge in [-0.15, -0.1) is 15.0 Å². The molecular formula is C26H29N5O2S. The Morgan fingerprint density at radius 2 is 1.68 bits per heavy atom. The van der Waals surface area contributed by atoms with Gasteiger partial charge < -0.3 is 15.7 Å². The van der Waals surface area contributed by atoms with E-state index in [0.29, 0.717) is 12.2 Å². The summed E-state index contributed by atoms with van der Waals surface area (Å²) in [4.78, 5) is 15.2. The second-order valence-corrected chi connectivity index (χ2v) is 10.3. The summed E-state index contributed by atoms with van der Waals surface area (Å²) in [6.45, 7) is 10.7. The normalized spacial score (nSPS) is 11.6. The molecule has 0 saturated carbocycles. The Kier molecular flexibility index (Phi) is 6.52. The lowest BCUT2D eigenvalue weighted by molar-refractivity contribution is 0.252. The van der Waals surface area contributed by atoms with Crippen molar-refractivity contribution in [1.82, 2.24) is 20.3 Å². The monoisotopic (exact) mass is 475 g/mol. The van der Waals surface area contributed by atoms with Gasteiger partial charge >= 0.3 is 6.03 Å². The zero-order valence-corrected chi connectivity index (χ0v) is 20.8. The number of nitrogens with one attached hydrogen (secondary N) is 2. The highest BCUT2D eigenvalue weighted by Crippen LogP contribution is 2.36. The minimum absolute atomic E-state index is 0.202. The molecular weight excluding hydrogens is 446 g/mol. The van der Waals surface area contributed by atoms with Crippen LogP contribution in [-0.4, -0.2) is 32.7 Å². The van der Waals surface area contributed by atoms with Gasteiger partial charge in [0.25, 0.3) is 0 Å². The predicted molar refractivity (Wildman–Crippen MR) is 137 cm³/mol. The Hall–Kier alpha value is -3.52. The standard InChI is InChI=1S/C26H29N5O2S/c1-6-27-25(33)28-17-7-9-18(10-8-17)34-19-11-12-21-22(15-19)30-31(29-21)23-14-16(2)13-20(24(23)32)26(3,4)5/h7-15,32H,6H2,1-5H3,(H2,27,28,33). The Bertz CT molecular complexity index is 1340. The summed E-state index contributed by atoms with van der Waals surface area (Å²) >= 11 is 1.60. The molecule has 0 spiro atoms. The molecule has 0 fully saturated rings. The number of nitrogens with zero attached hydrogens (tertiary/aromatic N) is 3.